The molecule has 4 amide bonds. The number of benzene rings is 1. The minimum atomic E-state index is -5.31. The second-order valence-electron chi connectivity index (χ2n) is 4.64. The van der Waals surface area contributed by atoms with Crippen LogP contribution in [0.2, 0.25) is 5.02 Å². The number of nitrogens with zero attached hydrogens (tertiary/aromatic N) is 1. The quantitative estimate of drug-likeness (QED) is 0.805. The van der Waals surface area contributed by atoms with E-state index < -0.39 is 29.9 Å². The molecule has 7 nitrogen and oxygen atoms in total. The molecule has 0 aliphatic carbocycles. The number of alkyl carbamates (subject to hydrolysis) is 1. The lowest BCUT2D eigenvalue weighted by Gasteiger charge is -2.29. The first-order chi connectivity index (χ1) is 11.1. The molecule has 24 heavy (non-hydrogen) atoms. The standard InChI is InChI=1S/C13H11ClF3N3O4/c1-2-24-11(23)19-12(13(15,16)17)9(21)20(10(22)18-12)8-5-3-4-7(14)6-8/h3-6H,2H2,1H3,(H,18,22)(H,19,23)/t12-/m0/s1. The molecule has 0 aromatic heterocycles. The van der Waals surface area contributed by atoms with Crippen LogP contribution >= 0.6 is 11.6 Å². The maximum absolute atomic E-state index is 13.5. The minimum absolute atomic E-state index is 0.107. The van der Waals surface area contributed by atoms with Crippen molar-refractivity contribution in [1.29, 1.82) is 0 Å². The zero-order chi connectivity index (χ0) is 18.1. The third-order valence-electron chi connectivity index (χ3n) is 3.08. The van der Waals surface area contributed by atoms with Gasteiger partial charge in [0.2, 0.25) is 0 Å². The molecule has 2 N–H and O–H groups in total. The number of hydrogen-bond acceptors (Lipinski definition) is 4. The van der Waals surface area contributed by atoms with Crippen molar-refractivity contribution in [2.24, 2.45) is 0 Å². The highest BCUT2D eigenvalue weighted by Crippen LogP contribution is 2.36. The van der Waals surface area contributed by atoms with Gasteiger partial charge in [-0.25, -0.2) is 14.5 Å². The van der Waals surface area contributed by atoms with Crippen LogP contribution in [0, 0.1) is 0 Å². The van der Waals surface area contributed by atoms with E-state index in [-0.39, 0.29) is 22.2 Å². The number of anilines is 1. The van der Waals surface area contributed by atoms with E-state index in [1.807, 2.05) is 0 Å². The van der Waals surface area contributed by atoms with Crippen LogP contribution < -0.4 is 15.5 Å². The van der Waals surface area contributed by atoms with Crippen molar-refractivity contribution in [1.82, 2.24) is 10.6 Å². The number of carbonyl (C=O) groups excluding carboxylic acids is 3. The number of alkyl halides is 3. The van der Waals surface area contributed by atoms with Crippen molar-refractivity contribution < 1.29 is 32.3 Å². The van der Waals surface area contributed by atoms with E-state index in [9.17, 15) is 27.6 Å². The van der Waals surface area contributed by atoms with Crippen LogP contribution in [-0.4, -0.2) is 36.5 Å². The molecule has 1 aliphatic rings. The largest absolute Gasteiger partial charge is 0.450 e. The van der Waals surface area contributed by atoms with E-state index in [0.717, 1.165) is 6.07 Å². The van der Waals surface area contributed by atoms with Crippen LogP contribution in [0.15, 0.2) is 24.3 Å². The average molecular weight is 366 g/mol. The van der Waals surface area contributed by atoms with Crippen molar-refractivity contribution in [2.45, 2.75) is 18.8 Å². The molecule has 11 heteroatoms. The first kappa shape index (κ1) is 17.9. The molecule has 1 aromatic rings. The van der Waals surface area contributed by atoms with Gasteiger partial charge in [-0.05, 0) is 25.1 Å². The van der Waals surface area contributed by atoms with E-state index in [2.05, 4.69) is 4.74 Å². The Balaban J connectivity index is 2.46. The molecule has 0 spiro atoms. The van der Waals surface area contributed by atoms with E-state index in [0.29, 0.717) is 0 Å². The van der Waals surface area contributed by atoms with Crippen LogP contribution in [0.1, 0.15) is 6.92 Å². The van der Waals surface area contributed by atoms with E-state index in [1.165, 1.54) is 35.8 Å². The predicted octanol–water partition coefficient (Wildman–Crippen LogP) is 2.40. The van der Waals surface area contributed by atoms with Crippen LogP contribution in [0.5, 0.6) is 0 Å². The first-order valence-electron chi connectivity index (χ1n) is 6.56. The van der Waals surface area contributed by atoms with Gasteiger partial charge in [0.25, 0.3) is 11.6 Å². The summed E-state index contributed by atoms with van der Waals surface area (Å²) in [6.45, 7) is 1.15. The van der Waals surface area contributed by atoms with Gasteiger partial charge < -0.3 is 4.74 Å². The SMILES string of the molecule is CCOC(=O)N[C@@]1(C(F)(F)F)NC(=O)N(c2cccc(Cl)c2)C1=O. The first-order valence-corrected chi connectivity index (χ1v) is 6.94. The maximum Gasteiger partial charge on any atom is 0.440 e. The molecule has 0 unspecified atom stereocenters. The van der Waals surface area contributed by atoms with Gasteiger partial charge in [-0.2, -0.15) is 13.2 Å². The molecule has 130 valence electrons. The minimum Gasteiger partial charge on any atom is -0.450 e. The summed E-state index contributed by atoms with van der Waals surface area (Å²) in [5.74, 6) is -1.73. The van der Waals surface area contributed by atoms with Crippen LogP contribution in [0.3, 0.4) is 0 Å². The van der Waals surface area contributed by atoms with Gasteiger partial charge in [0.15, 0.2) is 0 Å². The fourth-order valence-corrected chi connectivity index (χ4v) is 2.23. The summed E-state index contributed by atoms with van der Waals surface area (Å²) >= 11 is 5.72. The third kappa shape index (κ3) is 2.96. The highest BCUT2D eigenvalue weighted by atomic mass is 35.5. The Morgan fingerprint density at radius 1 is 1.42 bits per heavy atom. The monoisotopic (exact) mass is 365 g/mol. The second-order valence-corrected chi connectivity index (χ2v) is 5.08. The third-order valence-corrected chi connectivity index (χ3v) is 3.31. The van der Waals surface area contributed by atoms with Crippen molar-refractivity contribution in [3.05, 3.63) is 29.3 Å². The van der Waals surface area contributed by atoms with Gasteiger partial charge in [0.05, 0.1) is 12.3 Å². The number of rotatable bonds is 3. The summed E-state index contributed by atoms with van der Waals surface area (Å²) < 4.78 is 44.7. The Morgan fingerprint density at radius 3 is 2.62 bits per heavy atom. The van der Waals surface area contributed by atoms with Gasteiger partial charge in [0, 0.05) is 5.02 Å². The summed E-state index contributed by atoms with van der Waals surface area (Å²) in [7, 11) is 0. The van der Waals surface area contributed by atoms with E-state index in [1.54, 1.807) is 0 Å². The molecule has 1 fully saturated rings. The zero-order valence-corrected chi connectivity index (χ0v) is 12.9. The number of hydrogen-bond donors (Lipinski definition) is 2. The van der Waals surface area contributed by atoms with Gasteiger partial charge in [-0.3, -0.25) is 15.4 Å². The normalized spacial score (nSPS) is 20.8. The fraction of sp³-hybridized carbons (Fsp3) is 0.308. The molecule has 1 atom stereocenters. The number of amides is 4. The maximum atomic E-state index is 13.5. The molecule has 1 heterocycles. The molecule has 1 saturated heterocycles. The molecule has 0 saturated carbocycles. The lowest BCUT2D eigenvalue weighted by molar-refractivity contribution is -0.197. The molecule has 0 radical (unpaired) electrons. The number of ether oxygens (including phenoxy) is 1. The second kappa shape index (κ2) is 6.19. The Morgan fingerprint density at radius 2 is 2.08 bits per heavy atom. The van der Waals surface area contributed by atoms with Gasteiger partial charge in [-0.1, -0.05) is 17.7 Å². The number of urea groups is 1. The summed E-state index contributed by atoms with van der Waals surface area (Å²) in [5, 5.41) is 2.96. The lowest BCUT2D eigenvalue weighted by Crippen LogP contribution is -2.69. The zero-order valence-electron chi connectivity index (χ0n) is 12.1. The van der Waals surface area contributed by atoms with Crippen molar-refractivity contribution in [3.63, 3.8) is 0 Å². The number of carbonyl (C=O) groups is 3. The summed E-state index contributed by atoms with van der Waals surface area (Å²) in [5.41, 5.74) is -3.81. The van der Waals surface area contributed by atoms with Crippen molar-refractivity contribution >= 4 is 35.3 Å². The van der Waals surface area contributed by atoms with Crippen molar-refractivity contribution in [3.8, 4) is 0 Å². The van der Waals surface area contributed by atoms with Gasteiger partial charge in [-0.15, -0.1) is 0 Å². The molecule has 1 aromatic carbocycles. The van der Waals surface area contributed by atoms with Crippen molar-refractivity contribution in [2.75, 3.05) is 11.5 Å². The highest BCUT2D eigenvalue weighted by Gasteiger charge is 2.69. The fourth-order valence-electron chi connectivity index (χ4n) is 2.05. The average Bonchev–Trinajstić information content (AvgIpc) is 2.70. The smallest absolute Gasteiger partial charge is 0.440 e. The Kier molecular flexibility index (Phi) is 4.61. The molecular weight excluding hydrogens is 355 g/mol. The lowest BCUT2D eigenvalue weighted by atomic mass is 10.1. The molecule has 1 aliphatic heterocycles. The van der Waals surface area contributed by atoms with E-state index in [4.69, 9.17) is 11.6 Å². The Hall–Kier alpha value is -2.49. The summed E-state index contributed by atoms with van der Waals surface area (Å²) in [6.07, 6.45) is -6.81. The predicted molar refractivity (Wildman–Crippen MR) is 76.4 cm³/mol. The van der Waals surface area contributed by atoms with Crippen LogP contribution in [0.4, 0.5) is 28.4 Å². The number of imide groups is 1. The molecular formula is C13H11ClF3N3O4. The van der Waals surface area contributed by atoms with E-state index >= 15 is 0 Å². The van der Waals surface area contributed by atoms with Gasteiger partial charge in [0.1, 0.15) is 0 Å². The number of nitrogens with one attached hydrogen (secondary N) is 2. The Bertz CT molecular complexity index is 697. The summed E-state index contributed by atoms with van der Waals surface area (Å²) in [6, 6.07) is 3.76. The van der Waals surface area contributed by atoms with Crippen LogP contribution in [-0.2, 0) is 9.53 Å². The topological polar surface area (TPSA) is 87.7 Å². The Labute approximate surface area is 138 Å². The summed E-state index contributed by atoms with van der Waals surface area (Å²) in [4.78, 5) is 36.0. The molecule has 2 rings (SSSR count). The molecule has 0 bridgehead atoms. The number of halogens is 4. The highest BCUT2D eigenvalue weighted by molar-refractivity contribution is 6.31. The van der Waals surface area contributed by atoms with Crippen LogP contribution in [0.25, 0.3) is 0 Å². The van der Waals surface area contributed by atoms with Gasteiger partial charge >= 0.3 is 18.3 Å².